The second-order valence-electron chi connectivity index (χ2n) is 5.55. The molecule has 3 aromatic rings. The molecule has 3 aromatic carbocycles. The van der Waals surface area contributed by atoms with Crippen LogP contribution in [-0.4, -0.2) is 0 Å². The highest BCUT2D eigenvalue weighted by Gasteiger charge is 2.08. The Hall–Kier alpha value is -1.38. The molecule has 0 aliphatic rings. The van der Waals surface area contributed by atoms with E-state index in [4.69, 9.17) is 0 Å². The van der Waals surface area contributed by atoms with Crippen LogP contribution >= 0.6 is 31.9 Å². The molecule has 0 amide bonds. The monoisotopic (exact) mass is 414 g/mol. The zero-order valence-corrected chi connectivity index (χ0v) is 15.7. The molecular formula is C20H16Br2. The van der Waals surface area contributed by atoms with Gasteiger partial charge in [0.15, 0.2) is 0 Å². The summed E-state index contributed by atoms with van der Waals surface area (Å²) in [5, 5.41) is 0. The van der Waals surface area contributed by atoms with Crippen molar-refractivity contribution in [3.8, 4) is 22.3 Å². The number of hydrogen-bond donors (Lipinski definition) is 0. The Morgan fingerprint density at radius 2 is 1.09 bits per heavy atom. The average molecular weight is 416 g/mol. The number of aryl methyl sites for hydroxylation is 2. The van der Waals surface area contributed by atoms with Crippen molar-refractivity contribution in [3.63, 3.8) is 0 Å². The molecule has 0 aliphatic carbocycles. The van der Waals surface area contributed by atoms with E-state index >= 15 is 0 Å². The number of hydrogen-bond acceptors (Lipinski definition) is 0. The van der Waals surface area contributed by atoms with Crippen LogP contribution < -0.4 is 0 Å². The predicted molar refractivity (Wildman–Crippen MR) is 102 cm³/mol. The van der Waals surface area contributed by atoms with Crippen molar-refractivity contribution in [3.05, 3.63) is 80.7 Å². The third kappa shape index (κ3) is 3.18. The zero-order valence-electron chi connectivity index (χ0n) is 12.5. The van der Waals surface area contributed by atoms with Gasteiger partial charge in [0.1, 0.15) is 0 Å². The Morgan fingerprint density at radius 3 is 1.64 bits per heavy atom. The minimum Gasteiger partial charge on any atom is -0.0600 e. The third-order valence-corrected chi connectivity index (χ3v) is 5.01. The maximum absolute atomic E-state index is 3.64. The van der Waals surface area contributed by atoms with Crippen LogP contribution in [0.15, 0.2) is 69.6 Å². The van der Waals surface area contributed by atoms with E-state index in [0.717, 1.165) is 8.95 Å². The summed E-state index contributed by atoms with van der Waals surface area (Å²) >= 11 is 7.27. The largest absolute Gasteiger partial charge is 0.0600 e. The molecule has 0 aliphatic heterocycles. The van der Waals surface area contributed by atoms with E-state index in [9.17, 15) is 0 Å². The van der Waals surface area contributed by atoms with Gasteiger partial charge >= 0.3 is 0 Å². The van der Waals surface area contributed by atoms with Crippen molar-refractivity contribution in [2.75, 3.05) is 0 Å². The number of benzene rings is 3. The summed E-state index contributed by atoms with van der Waals surface area (Å²) in [5.74, 6) is 0. The highest BCUT2D eigenvalue weighted by Crippen LogP contribution is 2.36. The molecule has 110 valence electrons. The molecule has 2 heteroatoms. The van der Waals surface area contributed by atoms with Gasteiger partial charge in [-0.3, -0.25) is 0 Å². The minimum atomic E-state index is 1.10. The lowest BCUT2D eigenvalue weighted by molar-refractivity contribution is 1.38. The van der Waals surface area contributed by atoms with Crippen LogP contribution in [0.2, 0.25) is 0 Å². The van der Waals surface area contributed by atoms with Gasteiger partial charge in [-0.2, -0.15) is 0 Å². The molecule has 0 saturated heterocycles. The quantitative estimate of drug-likeness (QED) is 0.416. The van der Waals surface area contributed by atoms with Gasteiger partial charge in [-0.25, -0.2) is 0 Å². The van der Waals surface area contributed by atoms with Crippen LogP contribution in [0, 0.1) is 13.8 Å². The van der Waals surface area contributed by atoms with Gasteiger partial charge in [-0.1, -0.05) is 91.5 Å². The van der Waals surface area contributed by atoms with E-state index in [2.05, 4.69) is 100 Å². The molecule has 3 rings (SSSR count). The van der Waals surface area contributed by atoms with Crippen LogP contribution in [0.5, 0.6) is 0 Å². The van der Waals surface area contributed by atoms with Gasteiger partial charge < -0.3 is 0 Å². The molecule has 0 aromatic heterocycles. The van der Waals surface area contributed by atoms with Gasteiger partial charge in [0.05, 0.1) is 0 Å². The van der Waals surface area contributed by atoms with Gasteiger partial charge in [-0.05, 0) is 42.7 Å². The molecule has 0 atom stereocenters. The van der Waals surface area contributed by atoms with Gasteiger partial charge in [-0.15, -0.1) is 0 Å². The first-order chi connectivity index (χ1) is 10.5. The Labute approximate surface area is 148 Å². The summed E-state index contributed by atoms with van der Waals surface area (Å²) in [7, 11) is 0. The summed E-state index contributed by atoms with van der Waals surface area (Å²) in [6, 6.07) is 21.6. The van der Waals surface area contributed by atoms with Crippen molar-refractivity contribution < 1.29 is 0 Å². The van der Waals surface area contributed by atoms with Gasteiger partial charge in [0, 0.05) is 14.5 Å². The lowest BCUT2D eigenvalue weighted by Gasteiger charge is -2.10. The molecular weight excluding hydrogens is 400 g/mol. The lowest BCUT2D eigenvalue weighted by Crippen LogP contribution is -1.85. The molecule has 0 nitrogen and oxygen atoms in total. The van der Waals surface area contributed by atoms with Crippen LogP contribution in [0.1, 0.15) is 11.1 Å². The van der Waals surface area contributed by atoms with E-state index in [1.54, 1.807) is 0 Å². The molecule has 22 heavy (non-hydrogen) atoms. The Bertz CT molecular complexity index is 777. The van der Waals surface area contributed by atoms with Gasteiger partial charge in [0.25, 0.3) is 0 Å². The molecule has 0 bridgehead atoms. The highest BCUT2D eigenvalue weighted by atomic mass is 79.9. The maximum atomic E-state index is 3.64. The summed E-state index contributed by atoms with van der Waals surface area (Å²) in [4.78, 5) is 0. The van der Waals surface area contributed by atoms with Crippen molar-refractivity contribution >= 4 is 31.9 Å². The first-order valence-corrected chi connectivity index (χ1v) is 8.76. The fourth-order valence-corrected chi connectivity index (χ4v) is 4.20. The average Bonchev–Trinajstić information content (AvgIpc) is 2.47. The number of rotatable bonds is 2. The van der Waals surface area contributed by atoms with E-state index in [1.165, 1.54) is 33.4 Å². The molecule has 0 saturated carbocycles. The molecule has 0 unspecified atom stereocenters. The van der Waals surface area contributed by atoms with Crippen molar-refractivity contribution in [2.45, 2.75) is 13.8 Å². The Balaban J connectivity index is 2.03. The van der Waals surface area contributed by atoms with Crippen molar-refractivity contribution in [2.24, 2.45) is 0 Å². The summed E-state index contributed by atoms with van der Waals surface area (Å²) < 4.78 is 2.20. The lowest BCUT2D eigenvalue weighted by atomic mass is 9.98. The topological polar surface area (TPSA) is 0 Å². The fourth-order valence-electron chi connectivity index (χ4n) is 2.74. The predicted octanol–water partition coefficient (Wildman–Crippen LogP) is 7.16. The Kier molecular flexibility index (Phi) is 4.51. The molecule has 0 heterocycles. The maximum Gasteiger partial charge on any atom is 0.0265 e. The minimum absolute atomic E-state index is 1.10. The third-order valence-electron chi connectivity index (χ3n) is 3.69. The van der Waals surface area contributed by atoms with Crippen LogP contribution in [-0.2, 0) is 0 Å². The van der Waals surface area contributed by atoms with Crippen molar-refractivity contribution in [1.29, 1.82) is 0 Å². The SMILES string of the molecule is Cc1cc(C)cc(-c2ccc(-c3c(Br)cccc3Br)cc2)c1. The van der Waals surface area contributed by atoms with Crippen LogP contribution in [0.3, 0.4) is 0 Å². The van der Waals surface area contributed by atoms with Crippen LogP contribution in [0.4, 0.5) is 0 Å². The summed E-state index contributed by atoms with van der Waals surface area (Å²) in [6.07, 6.45) is 0. The molecule has 0 fully saturated rings. The summed E-state index contributed by atoms with van der Waals surface area (Å²) in [6.45, 7) is 4.28. The first-order valence-electron chi connectivity index (χ1n) is 7.18. The van der Waals surface area contributed by atoms with Crippen LogP contribution in [0.25, 0.3) is 22.3 Å². The zero-order chi connectivity index (χ0) is 15.7. The second-order valence-corrected chi connectivity index (χ2v) is 7.26. The Morgan fingerprint density at radius 1 is 0.591 bits per heavy atom. The smallest absolute Gasteiger partial charge is 0.0265 e. The van der Waals surface area contributed by atoms with E-state index in [0.29, 0.717) is 0 Å². The molecule has 0 N–H and O–H groups in total. The normalized spacial score (nSPS) is 10.7. The fraction of sp³-hybridized carbons (Fsp3) is 0.100. The van der Waals surface area contributed by atoms with Crippen molar-refractivity contribution in [1.82, 2.24) is 0 Å². The molecule has 0 radical (unpaired) electrons. The highest BCUT2D eigenvalue weighted by molar-refractivity contribution is 9.11. The summed E-state index contributed by atoms with van der Waals surface area (Å²) in [5.41, 5.74) is 7.51. The number of halogens is 2. The van der Waals surface area contributed by atoms with Gasteiger partial charge in [0.2, 0.25) is 0 Å². The van der Waals surface area contributed by atoms with E-state index < -0.39 is 0 Å². The molecule has 0 spiro atoms. The van der Waals surface area contributed by atoms with E-state index in [-0.39, 0.29) is 0 Å². The standard InChI is InChI=1S/C20H16Br2/c1-13-10-14(2)12-17(11-13)15-6-8-16(9-7-15)20-18(21)4-3-5-19(20)22/h3-12H,1-2H3. The van der Waals surface area contributed by atoms with E-state index in [1.807, 2.05) is 6.07 Å². The second kappa shape index (κ2) is 6.39. The first kappa shape index (κ1) is 15.5.